The van der Waals surface area contributed by atoms with Crippen LogP contribution in [0.1, 0.15) is 24.5 Å². The van der Waals surface area contributed by atoms with Crippen molar-refractivity contribution >= 4 is 5.91 Å². The summed E-state index contributed by atoms with van der Waals surface area (Å²) in [4.78, 5) is 22.0. The number of H-pyrrole nitrogens is 1. The van der Waals surface area contributed by atoms with Gasteiger partial charge in [0.15, 0.2) is 11.5 Å². The number of aliphatic hydroxyl groups excluding tert-OH is 1. The van der Waals surface area contributed by atoms with Gasteiger partial charge in [-0.1, -0.05) is 0 Å². The Morgan fingerprint density at radius 1 is 1.19 bits per heavy atom. The van der Waals surface area contributed by atoms with Gasteiger partial charge in [0.1, 0.15) is 18.6 Å². The van der Waals surface area contributed by atoms with E-state index in [1.54, 1.807) is 25.3 Å². The quantitative estimate of drug-likeness (QED) is 0.625. The minimum absolute atomic E-state index is 0.189. The lowest BCUT2D eigenvalue weighted by Crippen LogP contribution is -2.39. The summed E-state index contributed by atoms with van der Waals surface area (Å²) >= 11 is 0. The number of nitrogens with zero attached hydrogens (tertiary/aromatic N) is 4. The molecule has 1 aliphatic rings. The highest BCUT2D eigenvalue weighted by molar-refractivity contribution is 5.82. The minimum atomic E-state index is -0.454. The van der Waals surface area contributed by atoms with Crippen molar-refractivity contribution in [3.63, 3.8) is 0 Å². The molecule has 1 amide bonds. The van der Waals surface area contributed by atoms with Crippen molar-refractivity contribution in [1.29, 1.82) is 0 Å². The summed E-state index contributed by atoms with van der Waals surface area (Å²) in [6.45, 7) is 0.736. The number of likely N-dealkylation sites (tertiary alicyclic amines) is 1. The van der Waals surface area contributed by atoms with Crippen LogP contribution < -0.4 is 9.47 Å². The van der Waals surface area contributed by atoms with E-state index in [2.05, 4.69) is 20.2 Å². The number of amides is 1. The second-order valence-electron chi connectivity index (χ2n) is 7.34. The molecule has 0 bridgehead atoms. The van der Waals surface area contributed by atoms with Gasteiger partial charge in [-0.2, -0.15) is 5.10 Å². The lowest BCUT2D eigenvalue weighted by Gasteiger charge is -2.31. The van der Waals surface area contributed by atoms with Gasteiger partial charge < -0.3 is 19.5 Å². The summed E-state index contributed by atoms with van der Waals surface area (Å²) in [5.41, 5.74) is 4.32. The third-order valence-electron chi connectivity index (χ3n) is 5.68. The molecule has 0 atom stereocenters. The van der Waals surface area contributed by atoms with Gasteiger partial charge in [0.2, 0.25) is 5.91 Å². The van der Waals surface area contributed by atoms with Crippen LogP contribution in [0.4, 0.5) is 0 Å². The SMILES string of the molecule is COc1ccc(-c2n[nH]c(C3CCN(C(=O)CO)CC3)c2-c2ccncn2)cc1OC. The zero-order valence-electron chi connectivity index (χ0n) is 17.5. The molecule has 9 nitrogen and oxygen atoms in total. The first-order valence-corrected chi connectivity index (χ1v) is 10.1. The number of aromatic amines is 1. The summed E-state index contributed by atoms with van der Waals surface area (Å²) in [5.74, 6) is 1.22. The summed E-state index contributed by atoms with van der Waals surface area (Å²) in [7, 11) is 3.20. The van der Waals surface area contributed by atoms with Gasteiger partial charge in [-0.15, -0.1) is 0 Å². The number of piperidine rings is 1. The fourth-order valence-corrected chi connectivity index (χ4v) is 4.06. The van der Waals surface area contributed by atoms with Crippen molar-refractivity contribution in [3.05, 3.63) is 42.5 Å². The average molecular weight is 423 g/mol. The molecule has 9 heteroatoms. The van der Waals surface area contributed by atoms with Crippen LogP contribution in [0, 0.1) is 0 Å². The smallest absolute Gasteiger partial charge is 0.248 e. The minimum Gasteiger partial charge on any atom is -0.493 e. The topological polar surface area (TPSA) is 113 Å². The molecule has 0 radical (unpaired) electrons. The van der Waals surface area contributed by atoms with E-state index in [9.17, 15) is 4.79 Å². The highest BCUT2D eigenvalue weighted by Gasteiger charge is 2.29. The maximum absolute atomic E-state index is 11.8. The molecule has 0 aliphatic carbocycles. The molecule has 162 valence electrons. The number of rotatable bonds is 6. The van der Waals surface area contributed by atoms with Crippen molar-refractivity contribution in [1.82, 2.24) is 25.1 Å². The van der Waals surface area contributed by atoms with Gasteiger partial charge in [-0.3, -0.25) is 9.89 Å². The highest BCUT2D eigenvalue weighted by atomic mass is 16.5. The van der Waals surface area contributed by atoms with Crippen LogP contribution in [0.2, 0.25) is 0 Å². The number of benzene rings is 1. The largest absolute Gasteiger partial charge is 0.493 e. The normalized spacial score (nSPS) is 14.5. The fraction of sp³-hybridized carbons (Fsp3) is 0.364. The third-order valence-corrected chi connectivity index (χ3v) is 5.68. The number of carbonyl (C=O) groups excluding carboxylic acids is 1. The van der Waals surface area contributed by atoms with Crippen LogP contribution in [-0.4, -0.2) is 70.0 Å². The Morgan fingerprint density at radius 2 is 1.97 bits per heavy atom. The molecule has 0 unspecified atom stereocenters. The molecule has 2 N–H and O–H groups in total. The Hall–Kier alpha value is -3.46. The summed E-state index contributed by atoms with van der Waals surface area (Å²) in [6, 6.07) is 7.55. The number of nitrogens with one attached hydrogen (secondary N) is 1. The Kier molecular flexibility index (Phi) is 6.13. The molecule has 31 heavy (non-hydrogen) atoms. The Labute approximate surface area is 180 Å². The van der Waals surface area contributed by atoms with E-state index in [1.807, 2.05) is 24.3 Å². The predicted molar refractivity (Wildman–Crippen MR) is 114 cm³/mol. The van der Waals surface area contributed by atoms with Gasteiger partial charge in [0, 0.05) is 42.0 Å². The molecule has 0 saturated carbocycles. The van der Waals surface area contributed by atoms with Gasteiger partial charge >= 0.3 is 0 Å². The van der Waals surface area contributed by atoms with Crippen LogP contribution >= 0.6 is 0 Å². The van der Waals surface area contributed by atoms with Crippen LogP contribution in [0.5, 0.6) is 11.5 Å². The molecule has 4 rings (SSSR count). The number of hydrogen-bond acceptors (Lipinski definition) is 7. The van der Waals surface area contributed by atoms with Gasteiger partial charge in [-0.05, 0) is 37.1 Å². The number of carbonyl (C=O) groups is 1. The van der Waals surface area contributed by atoms with Crippen molar-refractivity contribution in [2.75, 3.05) is 33.9 Å². The maximum atomic E-state index is 11.8. The number of methoxy groups -OCH3 is 2. The number of aromatic nitrogens is 4. The molecule has 0 spiro atoms. The molecule has 1 fully saturated rings. The average Bonchev–Trinajstić information content (AvgIpc) is 3.29. The van der Waals surface area contributed by atoms with Crippen LogP contribution in [-0.2, 0) is 4.79 Å². The second kappa shape index (κ2) is 9.13. The van der Waals surface area contributed by atoms with Crippen molar-refractivity contribution < 1.29 is 19.4 Å². The van der Waals surface area contributed by atoms with E-state index in [0.717, 1.165) is 41.1 Å². The van der Waals surface area contributed by atoms with Crippen LogP contribution in [0.15, 0.2) is 36.8 Å². The van der Waals surface area contributed by atoms with Gasteiger partial charge in [-0.25, -0.2) is 9.97 Å². The Balaban J connectivity index is 1.73. The standard InChI is InChI=1S/C22H25N5O4/c1-30-17-4-3-15(11-18(17)31-2)22-20(16-5-8-23-13-24-16)21(25-26-22)14-6-9-27(10-7-14)19(29)12-28/h3-5,8,11,13-14,28H,6-7,9-10,12H2,1-2H3,(H,25,26). The lowest BCUT2D eigenvalue weighted by atomic mass is 9.88. The van der Waals surface area contributed by atoms with Crippen LogP contribution in [0.3, 0.4) is 0 Å². The highest BCUT2D eigenvalue weighted by Crippen LogP contribution is 2.41. The Bertz CT molecular complexity index is 1050. The number of ether oxygens (including phenoxy) is 2. The summed E-state index contributed by atoms with van der Waals surface area (Å²) in [5, 5.41) is 17.0. The van der Waals surface area contributed by atoms with E-state index in [4.69, 9.17) is 14.6 Å². The second-order valence-corrected chi connectivity index (χ2v) is 7.34. The molecule has 3 aromatic rings. The zero-order chi connectivity index (χ0) is 21.8. The van der Waals surface area contributed by atoms with Crippen molar-refractivity contribution in [2.45, 2.75) is 18.8 Å². The molecule has 3 heterocycles. The van der Waals surface area contributed by atoms with Gasteiger partial charge in [0.25, 0.3) is 0 Å². The van der Waals surface area contributed by atoms with Crippen LogP contribution in [0.25, 0.3) is 22.5 Å². The van der Waals surface area contributed by atoms with Gasteiger partial charge in [0.05, 0.1) is 19.9 Å². The predicted octanol–water partition coefficient (Wildman–Crippen LogP) is 2.25. The van der Waals surface area contributed by atoms with E-state index in [0.29, 0.717) is 24.6 Å². The van der Waals surface area contributed by atoms with E-state index >= 15 is 0 Å². The number of hydrogen-bond donors (Lipinski definition) is 2. The molecule has 1 saturated heterocycles. The molecule has 1 aromatic carbocycles. The lowest BCUT2D eigenvalue weighted by molar-refractivity contribution is -0.135. The zero-order valence-corrected chi connectivity index (χ0v) is 17.5. The number of aliphatic hydroxyl groups is 1. The molecule has 2 aromatic heterocycles. The molecular weight excluding hydrogens is 398 g/mol. The van der Waals surface area contributed by atoms with Crippen molar-refractivity contribution in [2.24, 2.45) is 0 Å². The monoisotopic (exact) mass is 423 g/mol. The maximum Gasteiger partial charge on any atom is 0.248 e. The first-order valence-electron chi connectivity index (χ1n) is 10.1. The Morgan fingerprint density at radius 3 is 2.61 bits per heavy atom. The summed E-state index contributed by atoms with van der Waals surface area (Å²) in [6.07, 6.45) is 4.78. The van der Waals surface area contributed by atoms with E-state index in [-0.39, 0.29) is 11.8 Å². The first-order chi connectivity index (χ1) is 15.2. The molecular formula is C22H25N5O4. The van der Waals surface area contributed by atoms with Crippen molar-refractivity contribution in [3.8, 4) is 34.0 Å². The summed E-state index contributed by atoms with van der Waals surface area (Å²) < 4.78 is 10.8. The first kappa shape index (κ1) is 20.8. The molecule has 1 aliphatic heterocycles. The third kappa shape index (κ3) is 4.09. The van der Waals surface area contributed by atoms with E-state index in [1.165, 1.54) is 6.33 Å². The van der Waals surface area contributed by atoms with E-state index < -0.39 is 6.61 Å². The fourth-order valence-electron chi connectivity index (χ4n) is 4.06.